The predicted octanol–water partition coefficient (Wildman–Crippen LogP) is 2.11. The molecule has 0 radical (unpaired) electrons. The summed E-state index contributed by atoms with van der Waals surface area (Å²) >= 11 is 0. The van der Waals surface area contributed by atoms with E-state index in [1.54, 1.807) is 30.7 Å². The number of ether oxygens (including phenoxy) is 1. The van der Waals surface area contributed by atoms with Gasteiger partial charge in [0.25, 0.3) is 0 Å². The molecule has 0 unspecified atom stereocenters. The van der Waals surface area contributed by atoms with Crippen molar-refractivity contribution in [3.05, 3.63) is 29.5 Å². The number of aryl methyl sites for hydroxylation is 1. The molecule has 0 N–H and O–H groups in total. The summed E-state index contributed by atoms with van der Waals surface area (Å²) in [5, 5.41) is 4.38. The van der Waals surface area contributed by atoms with Gasteiger partial charge in [0.05, 0.1) is 18.3 Å². The van der Waals surface area contributed by atoms with Gasteiger partial charge in [-0.2, -0.15) is 5.10 Å². The summed E-state index contributed by atoms with van der Waals surface area (Å²) in [6.07, 6.45) is 0.835. The van der Waals surface area contributed by atoms with Gasteiger partial charge in [-0.3, -0.25) is 4.79 Å². The molecule has 2 aromatic heterocycles. The van der Waals surface area contributed by atoms with Gasteiger partial charge < -0.3 is 4.74 Å². The zero-order chi connectivity index (χ0) is 11.7. The number of ketones is 1. The number of methoxy groups -OCH3 is 1. The predicted molar refractivity (Wildman–Crippen MR) is 61.1 cm³/mol. The summed E-state index contributed by atoms with van der Waals surface area (Å²) in [5.41, 5.74) is 2.43. The van der Waals surface area contributed by atoms with E-state index in [-0.39, 0.29) is 5.78 Å². The maximum atomic E-state index is 11.5. The number of pyridine rings is 1. The molecular weight excluding hydrogens is 204 g/mol. The third-order valence-corrected chi connectivity index (χ3v) is 2.59. The Morgan fingerprint density at radius 1 is 1.50 bits per heavy atom. The van der Waals surface area contributed by atoms with Gasteiger partial charge in [0.15, 0.2) is 5.78 Å². The number of hydrogen-bond acceptors (Lipinski definition) is 3. The highest BCUT2D eigenvalue weighted by atomic mass is 16.5. The van der Waals surface area contributed by atoms with Crippen LogP contribution in [-0.2, 0) is 6.42 Å². The summed E-state index contributed by atoms with van der Waals surface area (Å²) in [7, 11) is 1.59. The van der Waals surface area contributed by atoms with E-state index in [0.29, 0.717) is 11.4 Å². The Morgan fingerprint density at radius 2 is 2.25 bits per heavy atom. The fraction of sp³-hybridized carbons (Fsp3) is 0.333. The first-order valence-electron chi connectivity index (χ1n) is 5.24. The zero-order valence-corrected chi connectivity index (χ0v) is 9.65. The van der Waals surface area contributed by atoms with E-state index in [4.69, 9.17) is 4.74 Å². The Bertz CT molecular complexity index is 543. The van der Waals surface area contributed by atoms with Crippen LogP contribution in [0.25, 0.3) is 5.52 Å². The smallest absolute Gasteiger partial charge is 0.214 e. The quantitative estimate of drug-likeness (QED) is 0.741. The van der Waals surface area contributed by atoms with Crippen molar-refractivity contribution < 1.29 is 9.53 Å². The van der Waals surface area contributed by atoms with E-state index in [0.717, 1.165) is 17.6 Å². The first kappa shape index (κ1) is 10.7. The summed E-state index contributed by atoms with van der Waals surface area (Å²) in [6, 6.07) is 5.47. The highest BCUT2D eigenvalue weighted by molar-refractivity contribution is 6.00. The molecule has 0 fully saturated rings. The van der Waals surface area contributed by atoms with Crippen molar-refractivity contribution >= 4 is 11.3 Å². The molecule has 0 spiro atoms. The lowest BCUT2D eigenvalue weighted by Gasteiger charge is -2.05. The Kier molecular flexibility index (Phi) is 2.64. The molecule has 0 aliphatic rings. The van der Waals surface area contributed by atoms with Crippen LogP contribution in [0.15, 0.2) is 18.2 Å². The second-order valence-corrected chi connectivity index (χ2v) is 3.63. The van der Waals surface area contributed by atoms with E-state index in [1.807, 2.05) is 13.0 Å². The average Bonchev–Trinajstić information content (AvgIpc) is 2.70. The number of aromatic nitrogens is 2. The van der Waals surface area contributed by atoms with Crippen molar-refractivity contribution in [1.29, 1.82) is 0 Å². The SMILES string of the molecule is CCc1cc2c(C(C)=O)ccc(OC)n2n1. The van der Waals surface area contributed by atoms with Crippen molar-refractivity contribution in [2.24, 2.45) is 0 Å². The molecule has 0 amide bonds. The molecule has 0 aliphatic carbocycles. The molecule has 2 heterocycles. The molecule has 0 bridgehead atoms. The number of nitrogens with zero attached hydrogens (tertiary/aromatic N) is 2. The van der Waals surface area contributed by atoms with Crippen LogP contribution in [0.4, 0.5) is 0 Å². The molecule has 0 saturated carbocycles. The second-order valence-electron chi connectivity index (χ2n) is 3.63. The van der Waals surface area contributed by atoms with E-state index in [2.05, 4.69) is 5.10 Å². The topological polar surface area (TPSA) is 43.6 Å². The largest absolute Gasteiger partial charge is 0.481 e. The van der Waals surface area contributed by atoms with E-state index in [1.165, 1.54) is 0 Å². The molecule has 4 nitrogen and oxygen atoms in total. The van der Waals surface area contributed by atoms with Gasteiger partial charge in [0.2, 0.25) is 5.88 Å². The Labute approximate surface area is 93.8 Å². The van der Waals surface area contributed by atoms with E-state index < -0.39 is 0 Å². The van der Waals surface area contributed by atoms with Crippen LogP contribution in [0.2, 0.25) is 0 Å². The summed E-state index contributed by atoms with van der Waals surface area (Å²) in [6.45, 7) is 3.59. The van der Waals surface area contributed by atoms with Crippen LogP contribution >= 0.6 is 0 Å². The van der Waals surface area contributed by atoms with Crippen molar-refractivity contribution in [1.82, 2.24) is 9.61 Å². The van der Waals surface area contributed by atoms with Gasteiger partial charge in [-0.15, -0.1) is 0 Å². The molecule has 0 atom stereocenters. The lowest BCUT2D eigenvalue weighted by atomic mass is 10.1. The second kappa shape index (κ2) is 3.96. The van der Waals surface area contributed by atoms with Gasteiger partial charge in [-0.05, 0) is 25.5 Å². The maximum absolute atomic E-state index is 11.5. The van der Waals surface area contributed by atoms with Crippen LogP contribution in [0.3, 0.4) is 0 Å². The van der Waals surface area contributed by atoms with Crippen LogP contribution in [-0.4, -0.2) is 22.5 Å². The lowest BCUT2D eigenvalue weighted by molar-refractivity contribution is 0.101. The Hall–Kier alpha value is -1.84. The fourth-order valence-electron chi connectivity index (χ4n) is 1.73. The van der Waals surface area contributed by atoms with Gasteiger partial charge in [-0.1, -0.05) is 6.92 Å². The molecule has 16 heavy (non-hydrogen) atoms. The Balaban J connectivity index is 2.77. The Morgan fingerprint density at radius 3 is 2.81 bits per heavy atom. The highest BCUT2D eigenvalue weighted by Crippen LogP contribution is 2.20. The first-order chi connectivity index (χ1) is 7.67. The molecule has 2 aromatic rings. The summed E-state index contributed by atoms with van der Waals surface area (Å²) < 4.78 is 6.89. The third kappa shape index (κ3) is 1.56. The van der Waals surface area contributed by atoms with Crippen molar-refractivity contribution in [2.45, 2.75) is 20.3 Å². The first-order valence-corrected chi connectivity index (χ1v) is 5.24. The van der Waals surface area contributed by atoms with Crippen molar-refractivity contribution in [2.75, 3.05) is 7.11 Å². The van der Waals surface area contributed by atoms with Crippen molar-refractivity contribution in [3.8, 4) is 5.88 Å². The standard InChI is InChI=1S/C12H14N2O2/c1-4-9-7-11-10(8(2)15)5-6-12(16-3)14(11)13-9/h5-7H,4H2,1-3H3. The monoisotopic (exact) mass is 218 g/mol. The number of fused-ring (bicyclic) bond motifs is 1. The lowest BCUT2D eigenvalue weighted by Crippen LogP contribution is -2.01. The molecule has 0 aromatic carbocycles. The highest BCUT2D eigenvalue weighted by Gasteiger charge is 2.12. The van der Waals surface area contributed by atoms with Crippen LogP contribution in [0.5, 0.6) is 5.88 Å². The zero-order valence-electron chi connectivity index (χ0n) is 9.65. The number of hydrogen-bond donors (Lipinski definition) is 0. The number of Topliss-reactive ketones (excluding diaryl/α,β-unsaturated/α-hetero) is 1. The van der Waals surface area contributed by atoms with Gasteiger partial charge in [0.1, 0.15) is 0 Å². The maximum Gasteiger partial charge on any atom is 0.214 e. The van der Waals surface area contributed by atoms with Crippen LogP contribution < -0.4 is 4.74 Å². The normalized spacial score (nSPS) is 10.7. The van der Waals surface area contributed by atoms with E-state index >= 15 is 0 Å². The molecule has 2 rings (SSSR count). The minimum Gasteiger partial charge on any atom is -0.481 e. The molecule has 84 valence electrons. The number of rotatable bonds is 3. The van der Waals surface area contributed by atoms with Gasteiger partial charge >= 0.3 is 0 Å². The molecule has 4 heteroatoms. The summed E-state index contributed by atoms with van der Waals surface area (Å²) in [5.74, 6) is 0.676. The van der Waals surface area contributed by atoms with Gasteiger partial charge in [-0.25, -0.2) is 4.52 Å². The average molecular weight is 218 g/mol. The van der Waals surface area contributed by atoms with Crippen molar-refractivity contribution in [3.63, 3.8) is 0 Å². The number of carbonyl (C=O) groups is 1. The molecule has 0 aliphatic heterocycles. The van der Waals surface area contributed by atoms with Crippen LogP contribution in [0, 0.1) is 0 Å². The molecule has 0 saturated heterocycles. The van der Waals surface area contributed by atoms with Gasteiger partial charge in [0, 0.05) is 11.6 Å². The fourth-order valence-corrected chi connectivity index (χ4v) is 1.73. The minimum absolute atomic E-state index is 0.0372. The van der Waals surface area contributed by atoms with Crippen LogP contribution in [0.1, 0.15) is 29.9 Å². The number of carbonyl (C=O) groups excluding carboxylic acids is 1. The minimum atomic E-state index is 0.0372. The third-order valence-electron chi connectivity index (χ3n) is 2.59. The summed E-state index contributed by atoms with van der Waals surface area (Å²) in [4.78, 5) is 11.5. The molecular formula is C12H14N2O2. The van der Waals surface area contributed by atoms with E-state index in [9.17, 15) is 4.79 Å².